The Morgan fingerprint density at radius 2 is 1.94 bits per heavy atom. The van der Waals surface area contributed by atoms with Crippen molar-refractivity contribution < 1.29 is 22.7 Å². The number of aromatic nitrogens is 1. The molecule has 1 aromatic carbocycles. The molecule has 2 heterocycles. The summed E-state index contributed by atoms with van der Waals surface area (Å²) in [6.45, 7) is 7.73. The van der Waals surface area contributed by atoms with Crippen LogP contribution in [0, 0.1) is 0 Å². The average Bonchev–Trinajstić information content (AvgIpc) is 3.10. The number of hydrogen-bond donors (Lipinski definition) is 0. The first-order valence-electron chi connectivity index (χ1n) is 10.3. The molecule has 0 N–H and O–H groups in total. The normalized spacial score (nSPS) is 17.0. The largest absolute Gasteiger partial charge is 0.467 e. The number of pyridine rings is 1. The number of nitrogens with zero attached hydrogens (tertiary/aromatic N) is 2. The zero-order chi connectivity index (χ0) is 24.4. The minimum Gasteiger partial charge on any atom is -0.467 e. The van der Waals surface area contributed by atoms with Gasteiger partial charge < -0.3 is 14.4 Å². The standard InChI is InChI=1S/C21H25Cl3N2O5SSi/c1-33(2,3)9-8-30-13-31-17-5-4-16(22)21(23)20(17)14-10-19(27)26(12-14)15-6-7-25-18(11-15)32(24,28)29/h4-7,11,14H,8-10,12-13H2,1-3H3/t14-/m1/s1. The van der Waals surface area contributed by atoms with Crippen molar-refractivity contribution in [2.75, 3.05) is 24.8 Å². The maximum Gasteiger partial charge on any atom is 0.278 e. The number of amides is 1. The van der Waals surface area contributed by atoms with Gasteiger partial charge in [-0.25, -0.2) is 13.4 Å². The second-order valence-corrected chi connectivity index (χ2v) is 17.9. The Labute approximate surface area is 209 Å². The topological polar surface area (TPSA) is 85.8 Å². The number of hydrogen-bond acceptors (Lipinski definition) is 6. The lowest BCUT2D eigenvalue weighted by molar-refractivity contribution is -0.117. The zero-order valence-corrected chi connectivity index (χ0v) is 22.6. The quantitative estimate of drug-likeness (QED) is 0.176. The van der Waals surface area contributed by atoms with E-state index in [9.17, 15) is 13.2 Å². The van der Waals surface area contributed by atoms with Gasteiger partial charge in [0.15, 0.2) is 11.8 Å². The van der Waals surface area contributed by atoms with E-state index in [-0.39, 0.29) is 36.6 Å². The van der Waals surface area contributed by atoms with E-state index >= 15 is 0 Å². The third-order valence-corrected chi connectivity index (χ3v) is 8.92. The van der Waals surface area contributed by atoms with Gasteiger partial charge in [0.2, 0.25) is 5.91 Å². The highest BCUT2D eigenvalue weighted by Crippen LogP contribution is 2.43. The van der Waals surface area contributed by atoms with E-state index in [4.69, 9.17) is 43.4 Å². The molecule has 0 saturated carbocycles. The first-order valence-corrected chi connectivity index (χ1v) is 17.0. The van der Waals surface area contributed by atoms with Gasteiger partial charge in [-0.1, -0.05) is 42.8 Å². The maximum absolute atomic E-state index is 12.8. The first-order chi connectivity index (χ1) is 15.4. The molecule has 7 nitrogen and oxygen atoms in total. The third-order valence-electron chi connectivity index (χ3n) is 5.20. The van der Waals surface area contributed by atoms with Crippen molar-refractivity contribution in [3.63, 3.8) is 0 Å². The smallest absolute Gasteiger partial charge is 0.278 e. The highest BCUT2D eigenvalue weighted by molar-refractivity contribution is 8.13. The highest BCUT2D eigenvalue weighted by Gasteiger charge is 2.35. The second kappa shape index (κ2) is 10.5. The van der Waals surface area contributed by atoms with Gasteiger partial charge in [-0.05, 0) is 24.2 Å². The molecule has 0 spiro atoms. The molecule has 180 valence electrons. The third kappa shape index (κ3) is 6.83. The predicted molar refractivity (Wildman–Crippen MR) is 133 cm³/mol. The van der Waals surface area contributed by atoms with Gasteiger partial charge in [0.05, 0.1) is 10.0 Å². The van der Waals surface area contributed by atoms with Crippen LogP contribution in [0.5, 0.6) is 5.75 Å². The number of carbonyl (C=O) groups is 1. The molecule has 1 fully saturated rings. The molecule has 33 heavy (non-hydrogen) atoms. The number of benzene rings is 1. The molecule has 0 radical (unpaired) electrons. The van der Waals surface area contributed by atoms with Crippen LogP contribution in [0.3, 0.4) is 0 Å². The van der Waals surface area contributed by atoms with Crippen LogP contribution in [-0.2, 0) is 18.6 Å². The SMILES string of the molecule is C[Si](C)(C)CCOCOc1ccc(Cl)c(Cl)c1[C@@H]1CC(=O)N(c2ccnc(S(=O)(=O)Cl)c2)C1. The van der Waals surface area contributed by atoms with Crippen molar-refractivity contribution in [1.29, 1.82) is 0 Å². The van der Waals surface area contributed by atoms with E-state index in [2.05, 4.69) is 24.6 Å². The lowest BCUT2D eigenvalue weighted by Gasteiger charge is -2.20. The number of anilines is 1. The summed E-state index contributed by atoms with van der Waals surface area (Å²) in [6.07, 6.45) is 1.45. The van der Waals surface area contributed by atoms with E-state index in [1.807, 2.05) is 0 Å². The Balaban J connectivity index is 1.79. The Hall–Kier alpha value is -1.36. The van der Waals surface area contributed by atoms with E-state index in [0.29, 0.717) is 33.7 Å². The number of carbonyl (C=O) groups excluding carboxylic acids is 1. The average molecular weight is 552 g/mol. The van der Waals surface area contributed by atoms with Crippen molar-refractivity contribution in [2.24, 2.45) is 0 Å². The number of halogens is 3. The van der Waals surface area contributed by atoms with E-state index < -0.39 is 17.1 Å². The molecule has 0 bridgehead atoms. The summed E-state index contributed by atoms with van der Waals surface area (Å²) in [7, 11) is 0.161. The van der Waals surface area contributed by atoms with Crippen molar-refractivity contribution in [1.82, 2.24) is 4.98 Å². The highest BCUT2D eigenvalue weighted by atomic mass is 35.7. The van der Waals surface area contributed by atoms with Crippen LogP contribution in [0.25, 0.3) is 0 Å². The lowest BCUT2D eigenvalue weighted by Crippen LogP contribution is -2.24. The molecule has 12 heteroatoms. The summed E-state index contributed by atoms with van der Waals surface area (Å²) in [4.78, 5) is 18.0. The second-order valence-electron chi connectivity index (χ2n) is 8.95. The van der Waals surface area contributed by atoms with Crippen molar-refractivity contribution in [2.45, 2.75) is 43.0 Å². The van der Waals surface area contributed by atoms with Gasteiger partial charge in [0.1, 0.15) is 5.75 Å². The molecule has 0 aliphatic carbocycles. The summed E-state index contributed by atoms with van der Waals surface area (Å²) in [5.41, 5.74) is 1.00. The monoisotopic (exact) mass is 550 g/mol. The summed E-state index contributed by atoms with van der Waals surface area (Å²) in [5, 5.41) is 0.344. The maximum atomic E-state index is 12.8. The zero-order valence-electron chi connectivity index (χ0n) is 18.5. The van der Waals surface area contributed by atoms with Crippen LogP contribution >= 0.6 is 33.9 Å². The van der Waals surface area contributed by atoms with E-state index in [1.165, 1.54) is 17.2 Å². The first kappa shape index (κ1) is 26.2. The Bertz CT molecular complexity index is 1140. The molecule has 1 aliphatic rings. The summed E-state index contributed by atoms with van der Waals surface area (Å²) < 4.78 is 34.8. The molecule has 1 saturated heterocycles. The van der Waals surface area contributed by atoms with Crippen molar-refractivity contribution >= 4 is 62.6 Å². The summed E-state index contributed by atoms with van der Waals surface area (Å²) >= 11 is 12.8. The molecule has 2 aromatic rings. The minimum absolute atomic E-state index is 0.0567. The van der Waals surface area contributed by atoms with Crippen LogP contribution in [0.2, 0.25) is 35.7 Å². The fourth-order valence-corrected chi connectivity index (χ4v) is 5.38. The van der Waals surface area contributed by atoms with Crippen molar-refractivity contribution in [3.8, 4) is 5.75 Å². The Kier molecular flexibility index (Phi) is 8.35. The van der Waals surface area contributed by atoms with Crippen LogP contribution < -0.4 is 9.64 Å². The summed E-state index contributed by atoms with van der Waals surface area (Å²) in [6, 6.07) is 7.19. The molecule has 0 unspecified atom stereocenters. The minimum atomic E-state index is -4.03. The van der Waals surface area contributed by atoms with Gasteiger partial charge in [-0.2, -0.15) is 0 Å². The number of rotatable bonds is 9. The Morgan fingerprint density at radius 1 is 1.21 bits per heavy atom. The predicted octanol–water partition coefficient (Wildman–Crippen LogP) is 5.53. The van der Waals surface area contributed by atoms with E-state index in [1.54, 1.807) is 18.2 Å². The fraction of sp³-hybridized carbons (Fsp3) is 0.429. The molecule has 3 rings (SSSR count). The molecular weight excluding hydrogens is 527 g/mol. The van der Waals surface area contributed by atoms with Crippen LogP contribution in [0.1, 0.15) is 17.9 Å². The molecule has 1 aliphatic heterocycles. The molecule has 1 aromatic heterocycles. The molecular formula is C21H25Cl3N2O5SSi. The van der Waals surface area contributed by atoms with Crippen LogP contribution in [0.4, 0.5) is 5.69 Å². The van der Waals surface area contributed by atoms with Crippen molar-refractivity contribution in [3.05, 3.63) is 46.1 Å². The van der Waals surface area contributed by atoms with Gasteiger partial charge in [0, 0.05) is 67.8 Å². The Morgan fingerprint density at radius 3 is 2.61 bits per heavy atom. The summed E-state index contributed by atoms with van der Waals surface area (Å²) in [5.74, 6) is -0.0155. The van der Waals surface area contributed by atoms with Crippen LogP contribution in [-0.4, -0.2) is 47.3 Å². The van der Waals surface area contributed by atoms with E-state index in [0.717, 1.165) is 6.04 Å². The van der Waals surface area contributed by atoms with Crippen LogP contribution in [0.15, 0.2) is 35.5 Å². The fourth-order valence-electron chi connectivity index (χ4n) is 3.45. The van der Waals surface area contributed by atoms with Gasteiger partial charge in [-0.15, -0.1) is 0 Å². The number of ether oxygens (including phenoxy) is 2. The molecule has 1 atom stereocenters. The molecule has 1 amide bonds. The van der Waals surface area contributed by atoms with Gasteiger partial charge in [0.25, 0.3) is 9.05 Å². The van der Waals surface area contributed by atoms with Gasteiger partial charge >= 0.3 is 0 Å². The van der Waals surface area contributed by atoms with Gasteiger partial charge in [-0.3, -0.25) is 4.79 Å². The lowest BCUT2D eigenvalue weighted by atomic mass is 9.97.